The highest BCUT2D eigenvalue weighted by Gasteiger charge is 2.25. The van der Waals surface area contributed by atoms with Crippen LogP contribution in [0.15, 0.2) is 42.5 Å². The molecule has 0 spiro atoms. The monoisotopic (exact) mass is 273 g/mol. The molecule has 2 aromatic carbocycles. The molecule has 0 aliphatic heterocycles. The predicted octanol–water partition coefficient (Wildman–Crippen LogP) is 3.56. The molecule has 0 aliphatic rings. The highest BCUT2D eigenvalue weighted by Crippen LogP contribution is 2.31. The SMILES string of the molecule is COc1ccc(C)cc1C(C)(N)Cc1cccc(F)c1. The van der Waals surface area contributed by atoms with Gasteiger partial charge in [0.2, 0.25) is 0 Å². The maximum atomic E-state index is 13.3. The molecule has 0 bridgehead atoms. The lowest BCUT2D eigenvalue weighted by atomic mass is 9.85. The molecule has 1 atom stereocenters. The second-order valence-corrected chi connectivity index (χ2v) is 5.43. The Morgan fingerprint density at radius 1 is 1.20 bits per heavy atom. The third-order valence-electron chi connectivity index (χ3n) is 3.43. The van der Waals surface area contributed by atoms with E-state index in [1.165, 1.54) is 12.1 Å². The molecule has 2 nitrogen and oxygen atoms in total. The normalized spacial score (nSPS) is 13.8. The van der Waals surface area contributed by atoms with Gasteiger partial charge in [-0.3, -0.25) is 0 Å². The van der Waals surface area contributed by atoms with Crippen molar-refractivity contribution in [2.24, 2.45) is 5.73 Å². The molecular formula is C17H20FNO. The van der Waals surface area contributed by atoms with Gasteiger partial charge in [0, 0.05) is 11.1 Å². The largest absolute Gasteiger partial charge is 0.496 e. The lowest BCUT2D eigenvalue weighted by Gasteiger charge is -2.27. The maximum absolute atomic E-state index is 13.3. The molecule has 2 rings (SSSR count). The second kappa shape index (κ2) is 5.63. The Balaban J connectivity index is 2.37. The summed E-state index contributed by atoms with van der Waals surface area (Å²) in [5, 5.41) is 0. The lowest BCUT2D eigenvalue weighted by Crippen LogP contribution is -2.36. The van der Waals surface area contributed by atoms with Crippen molar-refractivity contribution >= 4 is 0 Å². The van der Waals surface area contributed by atoms with Gasteiger partial charge >= 0.3 is 0 Å². The third kappa shape index (κ3) is 3.17. The van der Waals surface area contributed by atoms with Gasteiger partial charge in [-0.2, -0.15) is 0 Å². The van der Waals surface area contributed by atoms with Crippen LogP contribution < -0.4 is 10.5 Å². The summed E-state index contributed by atoms with van der Waals surface area (Å²) < 4.78 is 18.7. The van der Waals surface area contributed by atoms with Crippen LogP contribution in [0.1, 0.15) is 23.6 Å². The minimum Gasteiger partial charge on any atom is -0.496 e. The average Bonchev–Trinajstić information content (AvgIpc) is 2.38. The highest BCUT2D eigenvalue weighted by molar-refractivity contribution is 5.42. The number of halogens is 1. The van der Waals surface area contributed by atoms with E-state index in [4.69, 9.17) is 10.5 Å². The molecule has 0 radical (unpaired) electrons. The fourth-order valence-corrected chi connectivity index (χ4v) is 2.43. The van der Waals surface area contributed by atoms with Gasteiger partial charge in [-0.15, -0.1) is 0 Å². The molecule has 0 amide bonds. The van der Waals surface area contributed by atoms with Gasteiger partial charge in [0.15, 0.2) is 0 Å². The summed E-state index contributed by atoms with van der Waals surface area (Å²) in [7, 11) is 1.63. The molecule has 20 heavy (non-hydrogen) atoms. The van der Waals surface area contributed by atoms with Crippen molar-refractivity contribution < 1.29 is 9.13 Å². The first-order valence-electron chi connectivity index (χ1n) is 6.61. The van der Waals surface area contributed by atoms with Crippen LogP contribution in [0, 0.1) is 12.7 Å². The number of hydrogen-bond acceptors (Lipinski definition) is 2. The van der Waals surface area contributed by atoms with Gasteiger partial charge < -0.3 is 10.5 Å². The molecule has 1 unspecified atom stereocenters. The Kier molecular flexibility index (Phi) is 4.09. The van der Waals surface area contributed by atoms with E-state index in [-0.39, 0.29) is 5.82 Å². The Labute approximate surface area is 119 Å². The molecule has 0 aromatic heterocycles. The summed E-state index contributed by atoms with van der Waals surface area (Å²) >= 11 is 0. The molecule has 0 fully saturated rings. The first-order chi connectivity index (χ1) is 9.42. The summed E-state index contributed by atoms with van der Waals surface area (Å²) in [6, 6.07) is 12.5. The zero-order valence-corrected chi connectivity index (χ0v) is 12.1. The highest BCUT2D eigenvalue weighted by atomic mass is 19.1. The van der Waals surface area contributed by atoms with Crippen LogP contribution in [0.2, 0.25) is 0 Å². The van der Waals surface area contributed by atoms with Crippen LogP contribution in [0.4, 0.5) is 4.39 Å². The van der Waals surface area contributed by atoms with E-state index in [2.05, 4.69) is 0 Å². The van der Waals surface area contributed by atoms with Crippen LogP contribution in [-0.2, 0) is 12.0 Å². The van der Waals surface area contributed by atoms with Crippen LogP contribution >= 0.6 is 0 Å². The average molecular weight is 273 g/mol. The van der Waals surface area contributed by atoms with Crippen molar-refractivity contribution in [2.45, 2.75) is 25.8 Å². The van der Waals surface area contributed by atoms with E-state index in [9.17, 15) is 4.39 Å². The number of rotatable bonds is 4. The van der Waals surface area contributed by atoms with Gasteiger partial charge in [-0.25, -0.2) is 4.39 Å². The molecule has 2 N–H and O–H groups in total. The zero-order valence-electron chi connectivity index (χ0n) is 12.1. The first kappa shape index (κ1) is 14.5. The van der Waals surface area contributed by atoms with Crippen molar-refractivity contribution in [3.8, 4) is 5.75 Å². The number of ether oxygens (including phenoxy) is 1. The van der Waals surface area contributed by atoms with Gasteiger partial charge in [-0.05, 0) is 44.0 Å². The van der Waals surface area contributed by atoms with Gasteiger partial charge in [0.25, 0.3) is 0 Å². The molecule has 0 aliphatic carbocycles. The quantitative estimate of drug-likeness (QED) is 0.924. The minimum absolute atomic E-state index is 0.241. The minimum atomic E-state index is -0.620. The second-order valence-electron chi connectivity index (χ2n) is 5.43. The standard InChI is InChI=1S/C17H20FNO/c1-12-7-8-16(20-3)15(9-12)17(2,19)11-13-5-4-6-14(18)10-13/h4-10H,11,19H2,1-3H3. The molecule has 2 aromatic rings. The maximum Gasteiger partial charge on any atom is 0.123 e. The van der Waals surface area contributed by atoms with Crippen LogP contribution in [0.5, 0.6) is 5.75 Å². The summed E-state index contributed by atoms with van der Waals surface area (Å²) in [6.45, 7) is 3.95. The third-order valence-corrected chi connectivity index (χ3v) is 3.43. The Bertz CT molecular complexity index is 608. The molecule has 3 heteroatoms. The first-order valence-corrected chi connectivity index (χ1v) is 6.61. The van der Waals surface area contributed by atoms with Crippen molar-refractivity contribution in [2.75, 3.05) is 7.11 Å². The summed E-state index contributed by atoms with van der Waals surface area (Å²) in [6.07, 6.45) is 0.546. The van der Waals surface area contributed by atoms with E-state index in [0.717, 1.165) is 22.4 Å². The van der Waals surface area contributed by atoms with Crippen molar-refractivity contribution in [3.63, 3.8) is 0 Å². The number of nitrogens with two attached hydrogens (primary N) is 1. The van der Waals surface area contributed by atoms with Crippen LogP contribution in [-0.4, -0.2) is 7.11 Å². The number of benzene rings is 2. The van der Waals surface area contributed by atoms with E-state index in [1.807, 2.05) is 38.1 Å². The Morgan fingerprint density at radius 2 is 1.95 bits per heavy atom. The predicted molar refractivity (Wildman–Crippen MR) is 79.4 cm³/mol. The van der Waals surface area contributed by atoms with E-state index in [0.29, 0.717) is 6.42 Å². The van der Waals surface area contributed by atoms with Crippen LogP contribution in [0.25, 0.3) is 0 Å². The Morgan fingerprint density at radius 3 is 2.60 bits per heavy atom. The summed E-state index contributed by atoms with van der Waals surface area (Å²) in [5.41, 5.74) is 8.77. The van der Waals surface area contributed by atoms with E-state index >= 15 is 0 Å². The summed E-state index contributed by atoms with van der Waals surface area (Å²) in [4.78, 5) is 0. The molecule has 106 valence electrons. The lowest BCUT2D eigenvalue weighted by molar-refractivity contribution is 0.386. The van der Waals surface area contributed by atoms with Crippen molar-refractivity contribution in [3.05, 3.63) is 65.0 Å². The van der Waals surface area contributed by atoms with Crippen molar-refractivity contribution in [1.29, 1.82) is 0 Å². The number of methoxy groups -OCH3 is 1. The fourth-order valence-electron chi connectivity index (χ4n) is 2.43. The number of aryl methyl sites for hydroxylation is 1. The van der Waals surface area contributed by atoms with Gasteiger partial charge in [0.05, 0.1) is 7.11 Å². The van der Waals surface area contributed by atoms with Crippen molar-refractivity contribution in [1.82, 2.24) is 0 Å². The molecule has 0 saturated carbocycles. The molecule has 0 heterocycles. The number of hydrogen-bond donors (Lipinski definition) is 1. The van der Waals surface area contributed by atoms with E-state index < -0.39 is 5.54 Å². The van der Waals surface area contributed by atoms with Gasteiger partial charge in [0.1, 0.15) is 11.6 Å². The zero-order chi connectivity index (χ0) is 14.8. The van der Waals surface area contributed by atoms with Crippen LogP contribution in [0.3, 0.4) is 0 Å². The fraction of sp³-hybridized carbons (Fsp3) is 0.294. The topological polar surface area (TPSA) is 35.2 Å². The van der Waals surface area contributed by atoms with Gasteiger partial charge in [-0.1, -0.05) is 29.8 Å². The summed E-state index contributed by atoms with van der Waals surface area (Å²) in [5.74, 6) is 0.520. The Hall–Kier alpha value is -1.87. The van der Waals surface area contributed by atoms with E-state index in [1.54, 1.807) is 13.2 Å². The smallest absolute Gasteiger partial charge is 0.123 e. The molecule has 0 saturated heterocycles. The molecular weight excluding hydrogens is 253 g/mol.